The summed E-state index contributed by atoms with van der Waals surface area (Å²) in [6.45, 7) is 9.67. The highest BCUT2D eigenvalue weighted by atomic mass is 15.1. The molecular weight excluding hydrogens is 603 g/mol. The summed E-state index contributed by atoms with van der Waals surface area (Å²) >= 11 is 0. The second-order valence-electron chi connectivity index (χ2n) is 17.6. The molecule has 0 N–H and O–H groups in total. The summed E-state index contributed by atoms with van der Waals surface area (Å²) in [6.07, 6.45) is 12.5. The van der Waals surface area contributed by atoms with Gasteiger partial charge >= 0.3 is 0 Å². The number of hydrogen-bond acceptors (Lipinski definition) is 1. The molecule has 0 aromatic heterocycles. The van der Waals surface area contributed by atoms with Gasteiger partial charge in [0.15, 0.2) is 0 Å². The van der Waals surface area contributed by atoms with E-state index >= 15 is 0 Å². The third kappa shape index (κ3) is 4.57. The molecule has 50 heavy (non-hydrogen) atoms. The van der Waals surface area contributed by atoms with Gasteiger partial charge in [-0.25, -0.2) is 0 Å². The van der Waals surface area contributed by atoms with Crippen LogP contribution in [0.3, 0.4) is 0 Å². The maximum atomic E-state index is 2.54. The minimum absolute atomic E-state index is 0.00140. The van der Waals surface area contributed by atoms with E-state index in [1.54, 1.807) is 5.56 Å². The maximum absolute atomic E-state index is 2.54. The van der Waals surface area contributed by atoms with E-state index in [1.165, 1.54) is 125 Å². The summed E-state index contributed by atoms with van der Waals surface area (Å²) in [5.74, 6) is 3.33. The Kier molecular flexibility index (Phi) is 6.88. The van der Waals surface area contributed by atoms with E-state index in [0.29, 0.717) is 5.92 Å². The lowest BCUT2D eigenvalue weighted by molar-refractivity contribution is 0.420. The van der Waals surface area contributed by atoms with E-state index in [-0.39, 0.29) is 10.8 Å². The van der Waals surface area contributed by atoms with Crippen LogP contribution in [0.4, 0.5) is 17.1 Å². The summed E-state index contributed by atoms with van der Waals surface area (Å²) in [4.78, 5) is 2.52. The zero-order valence-electron chi connectivity index (χ0n) is 30.4. The minimum Gasteiger partial charge on any atom is -0.310 e. The van der Waals surface area contributed by atoms with Crippen molar-refractivity contribution in [1.82, 2.24) is 0 Å². The molecule has 3 saturated carbocycles. The molecule has 252 valence electrons. The molecule has 0 saturated heterocycles. The Balaban J connectivity index is 1.06. The molecule has 0 radical (unpaired) electrons. The van der Waals surface area contributed by atoms with Crippen LogP contribution in [0.15, 0.2) is 103 Å². The molecule has 3 atom stereocenters. The average molecular weight is 654 g/mol. The Morgan fingerprint density at radius 1 is 0.480 bits per heavy atom. The van der Waals surface area contributed by atoms with Gasteiger partial charge in [0.05, 0.1) is 0 Å². The van der Waals surface area contributed by atoms with E-state index in [1.807, 2.05) is 0 Å². The third-order valence-electron chi connectivity index (χ3n) is 14.2. The number of hydrogen-bond donors (Lipinski definition) is 0. The normalized spacial score (nSPS) is 23.7. The lowest BCUT2D eigenvalue weighted by atomic mass is 9.79. The number of anilines is 3. The van der Waals surface area contributed by atoms with Crippen molar-refractivity contribution >= 4 is 17.1 Å². The van der Waals surface area contributed by atoms with Gasteiger partial charge < -0.3 is 4.90 Å². The van der Waals surface area contributed by atoms with E-state index in [9.17, 15) is 0 Å². The van der Waals surface area contributed by atoms with Crippen molar-refractivity contribution in [1.29, 1.82) is 0 Å². The van der Waals surface area contributed by atoms with E-state index in [0.717, 1.165) is 17.8 Å². The maximum Gasteiger partial charge on any atom is 0.0465 e. The largest absolute Gasteiger partial charge is 0.310 e. The highest BCUT2D eigenvalue weighted by Crippen LogP contribution is 2.57. The van der Waals surface area contributed by atoms with Crippen molar-refractivity contribution < 1.29 is 0 Å². The fourth-order valence-corrected chi connectivity index (χ4v) is 11.4. The van der Waals surface area contributed by atoms with Gasteiger partial charge in [-0.3, -0.25) is 0 Å². The Labute approximate surface area is 299 Å². The van der Waals surface area contributed by atoms with E-state index < -0.39 is 0 Å². The monoisotopic (exact) mass is 653 g/mol. The quantitative estimate of drug-likeness (QED) is 0.182. The topological polar surface area (TPSA) is 3.24 Å². The van der Waals surface area contributed by atoms with Crippen LogP contribution in [0, 0.1) is 11.8 Å². The van der Waals surface area contributed by atoms with Crippen molar-refractivity contribution in [2.45, 2.75) is 108 Å². The summed E-state index contributed by atoms with van der Waals surface area (Å²) in [6, 6.07) is 40.8. The zero-order chi connectivity index (χ0) is 33.8. The van der Waals surface area contributed by atoms with Crippen LogP contribution in [-0.2, 0) is 10.8 Å². The van der Waals surface area contributed by atoms with Crippen LogP contribution in [0.1, 0.15) is 131 Å². The van der Waals surface area contributed by atoms with Crippen molar-refractivity contribution in [2.24, 2.45) is 11.8 Å². The molecular formula is C49H51N. The first kappa shape index (κ1) is 30.7. The van der Waals surface area contributed by atoms with Gasteiger partial charge in [0, 0.05) is 27.9 Å². The summed E-state index contributed by atoms with van der Waals surface area (Å²) in [7, 11) is 0. The van der Waals surface area contributed by atoms with Crippen molar-refractivity contribution in [3.63, 3.8) is 0 Å². The van der Waals surface area contributed by atoms with Crippen molar-refractivity contribution in [3.05, 3.63) is 137 Å². The van der Waals surface area contributed by atoms with Gasteiger partial charge in [-0.15, -0.1) is 0 Å². The van der Waals surface area contributed by atoms with Crippen molar-refractivity contribution in [3.8, 4) is 22.3 Å². The van der Waals surface area contributed by atoms with Gasteiger partial charge in [0.2, 0.25) is 0 Å². The van der Waals surface area contributed by atoms with Crippen LogP contribution in [0.25, 0.3) is 22.3 Å². The Morgan fingerprint density at radius 2 is 1.06 bits per heavy atom. The van der Waals surface area contributed by atoms with Gasteiger partial charge in [-0.05, 0) is 160 Å². The molecule has 0 amide bonds. The Morgan fingerprint density at radius 3 is 1.70 bits per heavy atom. The van der Waals surface area contributed by atoms with E-state index in [4.69, 9.17) is 0 Å². The Bertz CT molecular complexity index is 2110. The summed E-state index contributed by atoms with van der Waals surface area (Å²) in [5, 5.41) is 0. The molecule has 5 aromatic rings. The molecule has 3 fully saturated rings. The predicted octanol–water partition coefficient (Wildman–Crippen LogP) is 13.7. The van der Waals surface area contributed by atoms with Crippen LogP contribution in [0.5, 0.6) is 0 Å². The minimum atomic E-state index is -0.0977. The molecule has 1 heteroatoms. The van der Waals surface area contributed by atoms with Crippen LogP contribution < -0.4 is 4.90 Å². The SMILES string of the molecule is CC1(C)c2ccccc2-c2cc3c(cc21)-c1ccc(N(c2ccc(C4CCCCC4)cc2)c2ccc(C4CC5CCC4C5)cc2)cc1C3(C)C. The lowest BCUT2D eigenvalue weighted by Gasteiger charge is -2.29. The second kappa shape index (κ2) is 11.2. The molecule has 10 rings (SSSR count). The molecule has 0 heterocycles. The van der Waals surface area contributed by atoms with Crippen molar-refractivity contribution in [2.75, 3.05) is 4.90 Å². The fourth-order valence-electron chi connectivity index (χ4n) is 11.4. The number of nitrogens with zero attached hydrogens (tertiary/aromatic N) is 1. The molecule has 5 aromatic carbocycles. The highest BCUT2D eigenvalue weighted by Gasteiger charge is 2.42. The average Bonchev–Trinajstić information content (AvgIpc) is 3.89. The molecule has 0 spiro atoms. The number of benzene rings is 5. The molecule has 3 unspecified atom stereocenters. The fraction of sp³-hybridized carbons (Fsp3) is 0.388. The number of rotatable bonds is 5. The number of fused-ring (bicyclic) bond motifs is 8. The van der Waals surface area contributed by atoms with Gasteiger partial charge in [0.1, 0.15) is 0 Å². The van der Waals surface area contributed by atoms with Gasteiger partial charge in [0.25, 0.3) is 0 Å². The van der Waals surface area contributed by atoms with Crippen LogP contribution in [-0.4, -0.2) is 0 Å². The summed E-state index contributed by atoms with van der Waals surface area (Å²) in [5.41, 5.74) is 18.1. The molecule has 5 aliphatic carbocycles. The first-order valence-corrected chi connectivity index (χ1v) is 19.7. The zero-order valence-corrected chi connectivity index (χ0v) is 30.4. The molecule has 5 aliphatic rings. The second-order valence-corrected chi connectivity index (χ2v) is 17.6. The van der Waals surface area contributed by atoms with Crippen LogP contribution in [0.2, 0.25) is 0 Å². The van der Waals surface area contributed by atoms with Gasteiger partial charge in [-0.1, -0.05) is 108 Å². The standard InChI is InChI=1S/C49H51N/c1-48(2)44-13-9-8-12-39(44)42-29-47-43(30-46(42)48)40-25-24-38(28-45(40)49(47,3)4)50(36-20-16-33(17-21-36)32-10-6-5-7-11-32)37-22-18-34(19-23-37)41-27-31-14-15-35(41)26-31/h8-9,12-13,16-25,28-32,35,41H,5-7,10-11,14-15,26-27H2,1-4H3. The van der Waals surface area contributed by atoms with Gasteiger partial charge in [-0.2, -0.15) is 0 Å². The molecule has 2 bridgehead atoms. The Hall–Kier alpha value is -4.10. The first-order valence-electron chi connectivity index (χ1n) is 19.7. The highest BCUT2D eigenvalue weighted by molar-refractivity contribution is 5.91. The third-order valence-corrected chi connectivity index (χ3v) is 14.2. The predicted molar refractivity (Wildman–Crippen MR) is 210 cm³/mol. The summed E-state index contributed by atoms with van der Waals surface area (Å²) < 4.78 is 0. The first-order chi connectivity index (χ1) is 24.3. The lowest BCUT2D eigenvalue weighted by Crippen LogP contribution is -2.17. The van der Waals surface area contributed by atoms with E-state index in [2.05, 4.69) is 136 Å². The smallest absolute Gasteiger partial charge is 0.0465 e. The molecule has 0 aliphatic heterocycles. The molecule has 1 nitrogen and oxygen atoms in total. The van der Waals surface area contributed by atoms with Crippen LogP contribution >= 0.6 is 0 Å².